The van der Waals surface area contributed by atoms with Gasteiger partial charge in [-0.3, -0.25) is 4.98 Å². The Kier molecular flexibility index (Phi) is 9.40. The van der Waals surface area contributed by atoms with Crippen molar-refractivity contribution in [2.24, 2.45) is 5.41 Å². The summed E-state index contributed by atoms with van der Waals surface area (Å²) in [4.78, 5) is 8.77. The molecular formula is C39H37IrN5O-2. The van der Waals surface area contributed by atoms with Crippen LogP contribution in [0, 0.1) is 28.9 Å². The molecule has 0 spiro atoms. The van der Waals surface area contributed by atoms with E-state index in [1.807, 2.05) is 66.7 Å². The normalized spacial score (nSPS) is 15.6. The SMILES string of the molecule is [2H]C1(c2c(C#N)ccc3c2oc2c(-c4ncc(C(C)(C)C)nn4)[c-]ccc23)CCC(C)(C)CC1.[Ir].[c-]1ccccc1-c1ccccn1. The number of fused-ring (bicyclic) bond motifs is 3. The molecule has 1 fully saturated rings. The fraction of sp³-hybridized carbons (Fsp3) is 0.308. The molecule has 1 aliphatic rings. The van der Waals surface area contributed by atoms with Crippen LogP contribution in [-0.4, -0.2) is 20.2 Å². The first-order chi connectivity index (χ1) is 22.0. The molecular weight excluding hydrogens is 747 g/mol. The Labute approximate surface area is 286 Å². The minimum absolute atomic E-state index is 0. The zero-order chi connectivity index (χ0) is 32.5. The van der Waals surface area contributed by atoms with Crippen molar-refractivity contribution in [3.63, 3.8) is 0 Å². The van der Waals surface area contributed by atoms with Crippen molar-refractivity contribution in [3.05, 3.63) is 108 Å². The van der Waals surface area contributed by atoms with Crippen molar-refractivity contribution in [1.82, 2.24) is 20.2 Å². The Balaban J connectivity index is 0.000000280. The van der Waals surface area contributed by atoms with E-state index in [4.69, 9.17) is 4.42 Å². The molecule has 3 aromatic heterocycles. The van der Waals surface area contributed by atoms with Crippen molar-refractivity contribution in [2.45, 2.75) is 71.6 Å². The number of pyridine rings is 1. The van der Waals surface area contributed by atoms with Gasteiger partial charge < -0.3 is 9.40 Å². The predicted octanol–water partition coefficient (Wildman–Crippen LogP) is 9.64. The van der Waals surface area contributed by atoms with Gasteiger partial charge in [-0.05, 0) is 54.8 Å². The first-order valence-electron chi connectivity index (χ1n) is 15.9. The number of nitrogens with zero attached hydrogens (tertiary/aromatic N) is 5. The van der Waals surface area contributed by atoms with Crippen LogP contribution in [0.1, 0.15) is 84.4 Å². The van der Waals surface area contributed by atoms with Crippen molar-refractivity contribution < 1.29 is 25.9 Å². The van der Waals surface area contributed by atoms with E-state index in [1.54, 1.807) is 12.4 Å². The molecule has 1 saturated carbocycles. The van der Waals surface area contributed by atoms with E-state index in [2.05, 4.69) is 73.0 Å². The first kappa shape index (κ1) is 31.7. The molecule has 0 amide bonds. The number of hydrogen-bond donors (Lipinski definition) is 0. The Morgan fingerprint density at radius 2 is 1.67 bits per heavy atom. The number of hydrogen-bond acceptors (Lipinski definition) is 6. The van der Waals surface area contributed by atoms with Gasteiger partial charge in [-0.15, -0.1) is 54.1 Å². The molecule has 0 saturated heterocycles. The van der Waals surface area contributed by atoms with Gasteiger partial charge >= 0.3 is 0 Å². The second-order valence-electron chi connectivity index (χ2n) is 13.4. The second-order valence-corrected chi connectivity index (χ2v) is 13.4. The number of nitriles is 1. The maximum Gasteiger partial charge on any atom is 0.125 e. The summed E-state index contributed by atoms with van der Waals surface area (Å²) in [6.07, 6.45) is 6.82. The van der Waals surface area contributed by atoms with E-state index in [-0.39, 0.29) is 30.9 Å². The van der Waals surface area contributed by atoms with E-state index < -0.39 is 5.89 Å². The van der Waals surface area contributed by atoms with Crippen molar-refractivity contribution in [3.8, 4) is 28.7 Å². The minimum atomic E-state index is -0.857. The van der Waals surface area contributed by atoms with Crippen LogP contribution >= 0.6 is 0 Å². The number of rotatable bonds is 3. The van der Waals surface area contributed by atoms with Gasteiger partial charge in [0.1, 0.15) is 11.4 Å². The maximum absolute atomic E-state index is 9.92. The zero-order valence-corrected chi connectivity index (χ0v) is 29.2. The standard InChI is InChI=1S/C28H29N4O.C11H8N.Ir/c1-27(2,3)22-16-30-26(32-31-22)21-8-6-7-19-20-10-9-18(15-29)23(25(20)33-24(19)21)17-11-13-28(4,5)14-12-17;1-2-6-10(7-3-1)11-8-4-5-9-12-11;/h6-7,9-10,16-17H,11-14H2,1-5H3;1-6,8-9H;/q2*-1;/i17D;;. The molecule has 1 radical (unpaired) electrons. The Bertz CT molecular complexity index is 1980. The summed E-state index contributed by atoms with van der Waals surface area (Å²) in [5, 5.41) is 20.5. The van der Waals surface area contributed by atoms with E-state index in [0.29, 0.717) is 46.5 Å². The number of benzene rings is 3. The smallest absolute Gasteiger partial charge is 0.125 e. The average molecular weight is 785 g/mol. The monoisotopic (exact) mass is 785 g/mol. The van der Waals surface area contributed by atoms with Crippen LogP contribution in [0.5, 0.6) is 0 Å². The second kappa shape index (κ2) is 13.6. The van der Waals surface area contributed by atoms with E-state index in [9.17, 15) is 6.63 Å². The van der Waals surface area contributed by atoms with E-state index in [1.165, 1.54) is 0 Å². The minimum Gasteiger partial charge on any atom is -0.500 e. The molecule has 6 nitrogen and oxygen atoms in total. The fourth-order valence-corrected chi connectivity index (χ4v) is 5.70. The molecule has 3 heterocycles. The average Bonchev–Trinajstić information content (AvgIpc) is 3.45. The summed E-state index contributed by atoms with van der Waals surface area (Å²) in [7, 11) is 0. The van der Waals surface area contributed by atoms with Crippen molar-refractivity contribution >= 4 is 21.9 Å². The summed E-state index contributed by atoms with van der Waals surface area (Å²) in [5.41, 5.74) is 5.96. The third kappa shape index (κ3) is 6.94. The van der Waals surface area contributed by atoms with Crippen molar-refractivity contribution in [1.29, 1.82) is 5.26 Å². The first-order valence-corrected chi connectivity index (χ1v) is 15.4. The quantitative estimate of drug-likeness (QED) is 0.166. The van der Waals surface area contributed by atoms with Gasteiger partial charge in [0, 0.05) is 50.2 Å². The molecule has 3 aromatic carbocycles. The fourth-order valence-electron chi connectivity index (χ4n) is 5.70. The van der Waals surface area contributed by atoms with Crippen molar-refractivity contribution in [2.75, 3.05) is 0 Å². The van der Waals surface area contributed by atoms with E-state index in [0.717, 1.165) is 40.6 Å². The third-order valence-electron chi connectivity index (χ3n) is 8.49. The molecule has 7 heteroatoms. The van der Waals surface area contributed by atoms with E-state index >= 15 is 0 Å². The number of aromatic nitrogens is 4. The molecule has 7 rings (SSSR count). The molecule has 0 bridgehead atoms. The predicted molar refractivity (Wildman–Crippen MR) is 178 cm³/mol. The van der Waals surface area contributed by atoms with Crippen LogP contribution in [0.4, 0.5) is 0 Å². The zero-order valence-electron chi connectivity index (χ0n) is 27.8. The van der Waals surface area contributed by atoms with Gasteiger partial charge in [0.25, 0.3) is 0 Å². The molecule has 0 aliphatic heterocycles. The Morgan fingerprint density at radius 3 is 2.30 bits per heavy atom. The van der Waals surface area contributed by atoms with Gasteiger partial charge in [-0.25, -0.2) is 0 Å². The van der Waals surface area contributed by atoms with Gasteiger partial charge in [-0.1, -0.05) is 63.8 Å². The van der Waals surface area contributed by atoms with Gasteiger partial charge in [-0.2, -0.15) is 15.5 Å². The summed E-state index contributed by atoms with van der Waals surface area (Å²) < 4.78 is 15.9. The van der Waals surface area contributed by atoms with Crippen LogP contribution in [0.25, 0.3) is 44.6 Å². The van der Waals surface area contributed by atoms with Crippen LogP contribution in [-0.2, 0) is 25.5 Å². The Morgan fingerprint density at radius 1 is 0.913 bits per heavy atom. The molecule has 0 atom stereocenters. The Hall–Kier alpha value is -4.24. The summed E-state index contributed by atoms with van der Waals surface area (Å²) in [6.45, 7) is 10.7. The van der Waals surface area contributed by atoms with Gasteiger partial charge in [0.05, 0.1) is 22.9 Å². The molecule has 6 aromatic rings. The van der Waals surface area contributed by atoms with Crippen LogP contribution < -0.4 is 0 Å². The van der Waals surface area contributed by atoms with Gasteiger partial charge in [0.15, 0.2) is 0 Å². The number of furan rings is 1. The maximum atomic E-state index is 9.92. The molecule has 235 valence electrons. The third-order valence-corrected chi connectivity index (χ3v) is 8.49. The molecule has 0 N–H and O–H groups in total. The van der Waals surface area contributed by atoms with Crippen LogP contribution in [0.15, 0.2) is 83.5 Å². The molecule has 0 unspecified atom stereocenters. The molecule has 46 heavy (non-hydrogen) atoms. The largest absolute Gasteiger partial charge is 0.500 e. The summed E-state index contributed by atoms with van der Waals surface area (Å²) in [5.74, 6) is -0.413. The summed E-state index contributed by atoms with van der Waals surface area (Å²) >= 11 is 0. The van der Waals surface area contributed by atoms with Crippen LogP contribution in [0.2, 0.25) is 0 Å². The van der Waals surface area contributed by atoms with Gasteiger partial charge in [0.2, 0.25) is 0 Å². The molecule has 1 aliphatic carbocycles. The van der Waals surface area contributed by atoms with Crippen LogP contribution in [0.3, 0.4) is 0 Å². The summed E-state index contributed by atoms with van der Waals surface area (Å²) in [6, 6.07) is 29.9. The topological polar surface area (TPSA) is 88.5 Å².